The molecule has 0 aromatic rings. The molecule has 0 aromatic carbocycles. The van der Waals surface area contributed by atoms with Crippen LogP contribution in [0.4, 0.5) is 0 Å². The molecule has 3 atom stereocenters. The summed E-state index contributed by atoms with van der Waals surface area (Å²) in [5.41, 5.74) is 5.62. The van der Waals surface area contributed by atoms with Gasteiger partial charge in [0.1, 0.15) is 0 Å². The molecule has 1 fully saturated rings. The number of carbonyl (C=O) groups is 1. The molecule has 0 spiro atoms. The second kappa shape index (κ2) is 3.19. The zero-order valence-electron chi connectivity index (χ0n) is 6.58. The molecule has 0 amide bonds. The molecule has 0 bridgehead atoms. The van der Waals surface area contributed by atoms with E-state index in [1.54, 1.807) is 0 Å². The number of carboxylic acids is 1. The Bertz CT molecular complexity index is 159. The van der Waals surface area contributed by atoms with E-state index in [1.807, 2.05) is 6.92 Å². The van der Waals surface area contributed by atoms with Gasteiger partial charge >= 0.3 is 5.97 Å². The van der Waals surface area contributed by atoms with E-state index in [9.17, 15) is 4.79 Å². The van der Waals surface area contributed by atoms with Gasteiger partial charge in [0.05, 0.1) is 5.92 Å². The molecule has 64 valence electrons. The number of hydrogen-bond donors (Lipinski definition) is 3. The van der Waals surface area contributed by atoms with E-state index < -0.39 is 5.97 Å². The SMILES string of the molecule is CC(N)C1CNCC1C(=O)O. The molecule has 1 heterocycles. The first-order valence-electron chi connectivity index (χ1n) is 3.82. The molecule has 4 N–H and O–H groups in total. The molecule has 11 heavy (non-hydrogen) atoms. The van der Waals surface area contributed by atoms with Gasteiger partial charge < -0.3 is 16.2 Å². The molecular formula is C7H14N2O2. The van der Waals surface area contributed by atoms with E-state index >= 15 is 0 Å². The summed E-state index contributed by atoms with van der Waals surface area (Å²) >= 11 is 0. The smallest absolute Gasteiger partial charge is 0.308 e. The predicted octanol–water partition coefficient (Wildman–Crippen LogP) is -0.746. The number of rotatable bonds is 2. The molecule has 0 radical (unpaired) electrons. The van der Waals surface area contributed by atoms with Crippen LogP contribution in [0.5, 0.6) is 0 Å². The van der Waals surface area contributed by atoms with Gasteiger partial charge in [-0.1, -0.05) is 0 Å². The van der Waals surface area contributed by atoms with Crippen LogP contribution >= 0.6 is 0 Å². The van der Waals surface area contributed by atoms with Crippen molar-refractivity contribution in [1.82, 2.24) is 5.32 Å². The minimum Gasteiger partial charge on any atom is -0.481 e. The highest BCUT2D eigenvalue weighted by molar-refractivity contribution is 5.71. The molecule has 4 heteroatoms. The number of hydrogen-bond acceptors (Lipinski definition) is 3. The van der Waals surface area contributed by atoms with Crippen molar-refractivity contribution in [2.75, 3.05) is 13.1 Å². The van der Waals surface area contributed by atoms with Gasteiger partial charge in [0.25, 0.3) is 0 Å². The number of carboxylic acid groups (broad SMARTS) is 1. The van der Waals surface area contributed by atoms with Crippen molar-refractivity contribution < 1.29 is 9.90 Å². The van der Waals surface area contributed by atoms with Crippen LogP contribution < -0.4 is 11.1 Å². The van der Waals surface area contributed by atoms with E-state index in [1.165, 1.54) is 0 Å². The lowest BCUT2D eigenvalue weighted by Crippen LogP contribution is -2.35. The molecule has 1 aliphatic heterocycles. The Balaban J connectivity index is 2.58. The first-order chi connectivity index (χ1) is 5.13. The lowest BCUT2D eigenvalue weighted by molar-refractivity contribution is -0.142. The summed E-state index contributed by atoms with van der Waals surface area (Å²) in [6.07, 6.45) is 0. The lowest BCUT2D eigenvalue weighted by atomic mass is 9.90. The van der Waals surface area contributed by atoms with Gasteiger partial charge in [-0.2, -0.15) is 0 Å². The Morgan fingerprint density at radius 1 is 1.73 bits per heavy atom. The third kappa shape index (κ3) is 1.70. The Hall–Kier alpha value is -0.610. The lowest BCUT2D eigenvalue weighted by Gasteiger charge is -2.17. The van der Waals surface area contributed by atoms with E-state index in [4.69, 9.17) is 10.8 Å². The van der Waals surface area contributed by atoms with Crippen molar-refractivity contribution >= 4 is 5.97 Å². The van der Waals surface area contributed by atoms with E-state index in [0.29, 0.717) is 6.54 Å². The summed E-state index contributed by atoms with van der Waals surface area (Å²) in [6.45, 7) is 3.14. The zero-order valence-corrected chi connectivity index (χ0v) is 6.58. The van der Waals surface area contributed by atoms with Crippen molar-refractivity contribution in [3.63, 3.8) is 0 Å². The minimum absolute atomic E-state index is 0.0360. The maximum absolute atomic E-state index is 10.6. The van der Waals surface area contributed by atoms with Crippen LogP contribution in [0.3, 0.4) is 0 Å². The molecule has 1 rings (SSSR count). The van der Waals surface area contributed by atoms with E-state index in [2.05, 4.69) is 5.32 Å². The fourth-order valence-corrected chi connectivity index (χ4v) is 1.52. The molecular weight excluding hydrogens is 144 g/mol. The summed E-state index contributed by atoms with van der Waals surface area (Å²) < 4.78 is 0. The summed E-state index contributed by atoms with van der Waals surface area (Å²) in [5, 5.41) is 11.8. The van der Waals surface area contributed by atoms with Gasteiger partial charge in [-0.25, -0.2) is 0 Å². The third-order valence-corrected chi connectivity index (χ3v) is 2.25. The fourth-order valence-electron chi connectivity index (χ4n) is 1.52. The van der Waals surface area contributed by atoms with Gasteiger partial charge in [0.2, 0.25) is 0 Å². The molecule has 1 saturated heterocycles. The maximum Gasteiger partial charge on any atom is 0.308 e. The minimum atomic E-state index is -0.739. The van der Waals surface area contributed by atoms with Gasteiger partial charge in [0, 0.05) is 25.0 Å². The molecule has 3 unspecified atom stereocenters. The summed E-state index contributed by atoms with van der Waals surface area (Å²) in [6, 6.07) is -0.0360. The van der Waals surface area contributed by atoms with Crippen LogP contribution in [-0.4, -0.2) is 30.2 Å². The van der Waals surface area contributed by atoms with Gasteiger partial charge in [-0.3, -0.25) is 4.79 Å². The summed E-state index contributed by atoms with van der Waals surface area (Å²) in [5.74, 6) is -0.945. The van der Waals surface area contributed by atoms with Crippen LogP contribution in [0.1, 0.15) is 6.92 Å². The van der Waals surface area contributed by atoms with Crippen LogP contribution in [0.2, 0.25) is 0 Å². The van der Waals surface area contributed by atoms with Crippen LogP contribution in [0.15, 0.2) is 0 Å². The highest BCUT2D eigenvalue weighted by atomic mass is 16.4. The Morgan fingerprint density at radius 3 is 2.73 bits per heavy atom. The van der Waals surface area contributed by atoms with Crippen molar-refractivity contribution in [2.45, 2.75) is 13.0 Å². The topological polar surface area (TPSA) is 75.3 Å². The summed E-state index contributed by atoms with van der Waals surface area (Å²) in [4.78, 5) is 10.6. The van der Waals surface area contributed by atoms with Crippen LogP contribution in [0, 0.1) is 11.8 Å². The first kappa shape index (κ1) is 8.49. The second-order valence-electron chi connectivity index (χ2n) is 3.13. The van der Waals surface area contributed by atoms with Crippen molar-refractivity contribution in [2.24, 2.45) is 17.6 Å². The summed E-state index contributed by atoms with van der Waals surface area (Å²) in [7, 11) is 0. The molecule has 0 aliphatic carbocycles. The first-order valence-corrected chi connectivity index (χ1v) is 3.82. The highest BCUT2D eigenvalue weighted by Gasteiger charge is 2.34. The van der Waals surface area contributed by atoms with Crippen molar-refractivity contribution in [3.05, 3.63) is 0 Å². The maximum atomic E-state index is 10.6. The fraction of sp³-hybridized carbons (Fsp3) is 0.857. The standard InChI is InChI=1S/C7H14N2O2/c1-4(8)5-2-9-3-6(5)7(10)11/h4-6,9H,2-3,8H2,1H3,(H,10,11). The number of nitrogens with two attached hydrogens (primary N) is 1. The zero-order chi connectivity index (χ0) is 8.43. The predicted molar refractivity (Wildman–Crippen MR) is 41.1 cm³/mol. The molecule has 1 aliphatic rings. The molecule has 0 saturated carbocycles. The van der Waals surface area contributed by atoms with Gasteiger partial charge in [-0.05, 0) is 6.92 Å². The van der Waals surface area contributed by atoms with Crippen LogP contribution in [-0.2, 0) is 4.79 Å². The number of nitrogens with one attached hydrogen (secondary N) is 1. The monoisotopic (exact) mass is 158 g/mol. The van der Waals surface area contributed by atoms with Crippen molar-refractivity contribution in [3.8, 4) is 0 Å². The van der Waals surface area contributed by atoms with Crippen LogP contribution in [0.25, 0.3) is 0 Å². The Kier molecular flexibility index (Phi) is 2.46. The quantitative estimate of drug-likeness (QED) is 0.494. The largest absolute Gasteiger partial charge is 0.481 e. The van der Waals surface area contributed by atoms with E-state index in [0.717, 1.165) is 6.54 Å². The Morgan fingerprint density at radius 2 is 2.36 bits per heavy atom. The normalized spacial score (nSPS) is 33.6. The average molecular weight is 158 g/mol. The Labute approximate surface area is 65.8 Å². The number of aliphatic carboxylic acids is 1. The average Bonchev–Trinajstić information content (AvgIpc) is 2.32. The van der Waals surface area contributed by atoms with Gasteiger partial charge in [0.15, 0.2) is 0 Å². The highest BCUT2D eigenvalue weighted by Crippen LogP contribution is 2.19. The molecule has 0 aromatic heterocycles. The third-order valence-electron chi connectivity index (χ3n) is 2.25. The molecule has 4 nitrogen and oxygen atoms in total. The van der Waals surface area contributed by atoms with E-state index in [-0.39, 0.29) is 17.9 Å². The second-order valence-corrected chi connectivity index (χ2v) is 3.13. The van der Waals surface area contributed by atoms with Gasteiger partial charge in [-0.15, -0.1) is 0 Å². The van der Waals surface area contributed by atoms with Crippen molar-refractivity contribution in [1.29, 1.82) is 0 Å².